The Balaban J connectivity index is 1.42. The number of alkyl halides is 3. The number of ether oxygens (including phenoxy) is 1. The molecule has 36 heavy (non-hydrogen) atoms. The maximum atomic E-state index is 13.5. The van der Waals surface area contributed by atoms with E-state index in [0.29, 0.717) is 25.4 Å². The molecule has 1 unspecified atom stereocenters. The molecule has 0 spiro atoms. The van der Waals surface area contributed by atoms with Gasteiger partial charge in [-0.1, -0.05) is 69.0 Å². The molecule has 5 nitrogen and oxygen atoms in total. The number of nitrogens with zero attached hydrogens (tertiary/aromatic N) is 2. The van der Waals surface area contributed by atoms with Gasteiger partial charge in [0.15, 0.2) is 5.78 Å². The number of Topliss-reactive ketones (excluding diaryl/α,β-unsaturated/α-hetero) is 1. The summed E-state index contributed by atoms with van der Waals surface area (Å²) in [6.07, 6.45) is -6.66. The average Bonchev–Trinajstić information content (AvgIpc) is 3.68. The maximum absolute atomic E-state index is 13.5. The van der Waals surface area contributed by atoms with Crippen LogP contribution in [0.15, 0.2) is 57.5 Å². The zero-order valence-corrected chi connectivity index (χ0v) is 22.7. The van der Waals surface area contributed by atoms with Crippen LogP contribution in [0.4, 0.5) is 18.0 Å². The van der Waals surface area contributed by atoms with Crippen LogP contribution in [-0.4, -0.2) is 60.1 Å². The minimum absolute atomic E-state index is 0.0868. The Morgan fingerprint density at radius 1 is 0.889 bits per heavy atom. The summed E-state index contributed by atoms with van der Waals surface area (Å²) in [6, 6.07) is 15.9. The molecule has 1 saturated carbocycles. The first-order chi connectivity index (χ1) is 17.1. The van der Waals surface area contributed by atoms with E-state index < -0.39 is 24.2 Å². The highest BCUT2D eigenvalue weighted by molar-refractivity contribution is 9.10. The minimum Gasteiger partial charge on any atom is -0.428 e. The second-order valence-corrected chi connectivity index (χ2v) is 11.1. The van der Waals surface area contributed by atoms with E-state index in [0.717, 1.165) is 32.9 Å². The van der Waals surface area contributed by atoms with Crippen molar-refractivity contribution in [1.82, 2.24) is 9.80 Å². The summed E-state index contributed by atoms with van der Waals surface area (Å²) in [6.45, 7) is 1.28. The normalized spacial score (nSPS) is 17.8. The van der Waals surface area contributed by atoms with Crippen LogP contribution in [0.2, 0.25) is 0 Å². The summed E-state index contributed by atoms with van der Waals surface area (Å²) in [4.78, 5) is 28.3. The summed E-state index contributed by atoms with van der Waals surface area (Å²) in [5, 5.41) is 0. The van der Waals surface area contributed by atoms with Gasteiger partial charge in [0, 0.05) is 41.5 Å². The molecule has 2 fully saturated rings. The molecule has 2 aromatic rings. The third-order valence-corrected chi connectivity index (χ3v) is 7.67. The van der Waals surface area contributed by atoms with Gasteiger partial charge >= 0.3 is 12.3 Å². The molecule has 1 saturated heterocycles. The van der Waals surface area contributed by atoms with Crippen molar-refractivity contribution >= 4 is 43.7 Å². The fourth-order valence-corrected chi connectivity index (χ4v) is 4.97. The van der Waals surface area contributed by atoms with E-state index in [2.05, 4.69) is 36.8 Å². The first kappa shape index (κ1) is 27.1. The number of ketones is 1. The van der Waals surface area contributed by atoms with E-state index in [1.54, 1.807) is 0 Å². The predicted octanol–water partition coefficient (Wildman–Crippen LogP) is 6.75. The number of rotatable bonds is 8. The van der Waals surface area contributed by atoms with Gasteiger partial charge in [0.25, 0.3) is 6.10 Å². The van der Waals surface area contributed by atoms with Crippen molar-refractivity contribution in [3.63, 3.8) is 0 Å². The van der Waals surface area contributed by atoms with Crippen LogP contribution in [0.25, 0.3) is 0 Å². The van der Waals surface area contributed by atoms with Crippen LogP contribution in [-0.2, 0) is 9.53 Å². The number of hydrogen-bond acceptors (Lipinski definition) is 4. The van der Waals surface area contributed by atoms with Crippen LogP contribution >= 0.6 is 31.9 Å². The van der Waals surface area contributed by atoms with E-state index in [1.165, 1.54) is 4.90 Å². The van der Waals surface area contributed by atoms with Crippen LogP contribution in [0.5, 0.6) is 0 Å². The average molecular weight is 632 g/mol. The second-order valence-electron chi connectivity index (χ2n) is 9.28. The second kappa shape index (κ2) is 11.6. The molecular weight excluding hydrogens is 605 g/mol. The maximum Gasteiger partial charge on any atom is 0.432 e. The van der Waals surface area contributed by atoms with Crippen molar-refractivity contribution in [3.05, 3.63) is 68.6 Å². The summed E-state index contributed by atoms with van der Waals surface area (Å²) < 4.78 is 47.2. The zero-order chi connectivity index (χ0) is 25.9. The Hall–Kier alpha value is -1.91. The van der Waals surface area contributed by atoms with E-state index in [-0.39, 0.29) is 25.6 Å². The summed E-state index contributed by atoms with van der Waals surface area (Å²) in [7, 11) is 0. The fraction of sp³-hybridized carbons (Fsp3) is 0.462. The third-order valence-electron chi connectivity index (χ3n) is 6.61. The SMILES string of the molecule is O=C(CCC1CC1)C(OC(=O)N1CCN(C(c2ccc(Br)cc2)c2ccc(Br)cc2)CC1)C(F)(F)F. The van der Waals surface area contributed by atoms with E-state index in [1.807, 2.05) is 48.5 Å². The van der Waals surface area contributed by atoms with Crippen LogP contribution in [0.1, 0.15) is 42.9 Å². The van der Waals surface area contributed by atoms with E-state index in [4.69, 9.17) is 4.74 Å². The molecule has 194 valence electrons. The number of piperazine rings is 1. The smallest absolute Gasteiger partial charge is 0.428 e. The van der Waals surface area contributed by atoms with Gasteiger partial charge in [0.2, 0.25) is 0 Å². The highest BCUT2D eigenvalue weighted by Gasteiger charge is 2.48. The van der Waals surface area contributed by atoms with Crippen molar-refractivity contribution in [2.75, 3.05) is 26.2 Å². The molecule has 0 bridgehead atoms. The molecule has 2 aromatic carbocycles. The molecule has 1 heterocycles. The largest absolute Gasteiger partial charge is 0.432 e. The van der Waals surface area contributed by atoms with Gasteiger partial charge in [0.1, 0.15) is 0 Å². The van der Waals surface area contributed by atoms with Gasteiger partial charge < -0.3 is 9.64 Å². The standard InChI is InChI=1S/C26H27Br2F3N2O3/c27-20-8-4-18(5-9-20)23(19-6-10-21(28)11-7-19)32-13-15-33(16-14-32)25(35)36-24(26(29,30)31)22(34)12-3-17-1-2-17/h4-11,17,23-24H,1-3,12-16H2. The molecule has 10 heteroatoms. The summed E-state index contributed by atoms with van der Waals surface area (Å²) >= 11 is 6.92. The zero-order valence-electron chi connectivity index (χ0n) is 19.5. The highest BCUT2D eigenvalue weighted by atomic mass is 79.9. The lowest BCUT2D eigenvalue weighted by atomic mass is 9.96. The molecular formula is C26H27Br2F3N2O3. The topological polar surface area (TPSA) is 49.9 Å². The Morgan fingerprint density at radius 3 is 1.83 bits per heavy atom. The molecule has 1 aliphatic carbocycles. The Bertz CT molecular complexity index is 1010. The van der Waals surface area contributed by atoms with E-state index >= 15 is 0 Å². The summed E-state index contributed by atoms with van der Waals surface area (Å²) in [5.41, 5.74) is 2.13. The van der Waals surface area contributed by atoms with Crippen molar-refractivity contribution in [2.24, 2.45) is 5.92 Å². The monoisotopic (exact) mass is 630 g/mol. The van der Waals surface area contributed by atoms with Gasteiger partial charge in [-0.3, -0.25) is 9.69 Å². The van der Waals surface area contributed by atoms with Crippen molar-refractivity contribution in [3.8, 4) is 0 Å². The quantitative estimate of drug-likeness (QED) is 0.324. The highest BCUT2D eigenvalue weighted by Crippen LogP contribution is 2.35. The first-order valence-electron chi connectivity index (χ1n) is 11.9. The van der Waals surface area contributed by atoms with Gasteiger partial charge in [0.05, 0.1) is 6.04 Å². The molecule has 1 amide bonds. The number of halogens is 5. The van der Waals surface area contributed by atoms with E-state index in [9.17, 15) is 22.8 Å². The number of benzene rings is 2. The van der Waals surface area contributed by atoms with Gasteiger partial charge in [-0.25, -0.2) is 4.79 Å². The van der Waals surface area contributed by atoms with Crippen LogP contribution < -0.4 is 0 Å². The van der Waals surface area contributed by atoms with Gasteiger partial charge in [-0.15, -0.1) is 0 Å². The molecule has 0 radical (unpaired) electrons. The minimum atomic E-state index is -4.92. The third kappa shape index (κ3) is 7.10. The lowest BCUT2D eigenvalue weighted by molar-refractivity contribution is -0.205. The fourth-order valence-electron chi connectivity index (χ4n) is 4.44. The molecule has 1 aliphatic heterocycles. The van der Waals surface area contributed by atoms with Gasteiger partial charge in [-0.05, 0) is 47.7 Å². The van der Waals surface area contributed by atoms with Crippen molar-refractivity contribution < 1.29 is 27.5 Å². The molecule has 1 atom stereocenters. The lowest BCUT2D eigenvalue weighted by Gasteiger charge is -2.39. The van der Waals surface area contributed by atoms with Crippen molar-refractivity contribution in [2.45, 2.75) is 44.0 Å². The predicted molar refractivity (Wildman–Crippen MR) is 137 cm³/mol. The first-order valence-corrected chi connectivity index (χ1v) is 13.5. The Kier molecular flexibility index (Phi) is 8.78. The number of carbonyl (C=O) groups is 2. The van der Waals surface area contributed by atoms with Crippen LogP contribution in [0.3, 0.4) is 0 Å². The molecule has 0 N–H and O–H groups in total. The Morgan fingerprint density at radius 2 is 1.39 bits per heavy atom. The van der Waals surface area contributed by atoms with Gasteiger partial charge in [-0.2, -0.15) is 13.2 Å². The molecule has 0 aromatic heterocycles. The number of carbonyl (C=O) groups excluding carboxylic acids is 2. The molecule has 2 aliphatic rings. The molecule has 4 rings (SSSR count). The lowest BCUT2D eigenvalue weighted by Crippen LogP contribution is -2.52. The van der Waals surface area contributed by atoms with Crippen molar-refractivity contribution in [1.29, 1.82) is 0 Å². The summed E-state index contributed by atoms with van der Waals surface area (Å²) in [5.74, 6) is -0.761. The number of hydrogen-bond donors (Lipinski definition) is 0. The van der Waals surface area contributed by atoms with Crippen LogP contribution in [0, 0.1) is 5.92 Å². The number of amides is 1. The Labute approximate surface area is 225 Å².